The maximum absolute atomic E-state index is 6.66. The standard InChI is InChI=1S/C20H24N2/c1-16(22-14-8-9-15-22)20(21)19(17-10-4-2-5-11-17)18-12-6-3-7-13-18/h2-7,10-13,19-20H,1,8-9,14-15,21H2. The summed E-state index contributed by atoms with van der Waals surface area (Å²) in [5.74, 6) is 0.149. The van der Waals surface area contributed by atoms with Crippen molar-refractivity contribution in [3.8, 4) is 0 Å². The Balaban J connectivity index is 1.93. The lowest BCUT2D eigenvalue weighted by Crippen LogP contribution is -2.38. The van der Waals surface area contributed by atoms with E-state index in [-0.39, 0.29) is 12.0 Å². The van der Waals surface area contributed by atoms with E-state index >= 15 is 0 Å². The number of nitrogens with zero attached hydrogens (tertiary/aromatic N) is 1. The van der Waals surface area contributed by atoms with E-state index in [9.17, 15) is 0 Å². The maximum atomic E-state index is 6.66. The Morgan fingerprint density at radius 2 is 1.32 bits per heavy atom. The summed E-state index contributed by atoms with van der Waals surface area (Å²) in [5, 5.41) is 0. The quantitative estimate of drug-likeness (QED) is 0.909. The van der Waals surface area contributed by atoms with E-state index in [1.54, 1.807) is 0 Å². The number of benzene rings is 2. The van der Waals surface area contributed by atoms with Gasteiger partial charge in [0.1, 0.15) is 0 Å². The van der Waals surface area contributed by atoms with Gasteiger partial charge in [-0.15, -0.1) is 0 Å². The van der Waals surface area contributed by atoms with Crippen LogP contribution in [0.2, 0.25) is 0 Å². The molecule has 0 amide bonds. The summed E-state index contributed by atoms with van der Waals surface area (Å²) in [6.45, 7) is 6.48. The number of hydrogen-bond acceptors (Lipinski definition) is 2. The van der Waals surface area contributed by atoms with Gasteiger partial charge in [-0.05, 0) is 24.0 Å². The summed E-state index contributed by atoms with van der Waals surface area (Å²) in [4.78, 5) is 2.35. The van der Waals surface area contributed by atoms with Crippen LogP contribution in [0, 0.1) is 0 Å². The fourth-order valence-electron chi connectivity index (χ4n) is 3.34. The van der Waals surface area contributed by atoms with E-state index in [0.717, 1.165) is 18.8 Å². The van der Waals surface area contributed by atoms with Gasteiger partial charge in [0.15, 0.2) is 0 Å². The molecule has 114 valence electrons. The number of nitrogens with two attached hydrogens (primary N) is 1. The second-order valence-electron chi connectivity index (χ2n) is 6.01. The van der Waals surface area contributed by atoms with Gasteiger partial charge in [0.2, 0.25) is 0 Å². The first-order chi connectivity index (χ1) is 10.8. The zero-order valence-electron chi connectivity index (χ0n) is 13.0. The minimum atomic E-state index is -0.0945. The summed E-state index contributed by atoms with van der Waals surface area (Å²) in [6, 6.07) is 21.0. The molecule has 0 spiro atoms. The SMILES string of the molecule is C=C(C(N)C(c1ccccc1)c1ccccc1)N1CCCC1. The Labute approximate surface area is 133 Å². The molecule has 0 saturated carbocycles. The number of hydrogen-bond donors (Lipinski definition) is 1. The third-order valence-electron chi connectivity index (χ3n) is 4.57. The molecule has 1 unspecified atom stereocenters. The van der Waals surface area contributed by atoms with Gasteiger partial charge in [-0.3, -0.25) is 0 Å². The largest absolute Gasteiger partial charge is 0.374 e. The Bertz CT molecular complexity index is 561. The average Bonchev–Trinajstić information content (AvgIpc) is 3.11. The Morgan fingerprint density at radius 3 is 1.77 bits per heavy atom. The summed E-state index contributed by atoms with van der Waals surface area (Å²) >= 11 is 0. The highest BCUT2D eigenvalue weighted by Crippen LogP contribution is 2.31. The van der Waals surface area contributed by atoms with E-state index in [1.807, 2.05) is 12.1 Å². The monoisotopic (exact) mass is 292 g/mol. The average molecular weight is 292 g/mol. The highest BCUT2D eigenvalue weighted by atomic mass is 15.2. The molecule has 2 nitrogen and oxygen atoms in total. The minimum absolute atomic E-state index is 0.0945. The second-order valence-corrected chi connectivity index (χ2v) is 6.01. The first kappa shape index (κ1) is 14.9. The smallest absolute Gasteiger partial charge is 0.0551 e. The van der Waals surface area contributed by atoms with E-state index in [1.165, 1.54) is 24.0 Å². The maximum Gasteiger partial charge on any atom is 0.0551 e. The zero-order chi connectivity index (χ0) is 15.4. The van der Waals surface area contributed by atoms with Gasteiger partial charge in [0, 0.05) is 24.7 Å². The first-order valence-corrected chi connectivity index (χ1v) is 8.06. The van der Waals surface area contributed by atoms with Gasteiger partial charge >= 0.3 is 0 Å². The van der Waals surface area contributed by atoms with Crippen LogP contribution in [0.15, 0.2) is 72.9 Å². The normalized spacial score (nSPS) is 16.0. The predicted octanol–water partition coefficient (Wildman–Crippen LogP) is 3.76. The topological polar surface area (TPSA) is 29.3 Å². The van der Waals surface area contributed by atoms with Crippen LogP contribution in [0.5, 0.6) is 0 Å². The molecule has 0 aromatic heterocycles. The molecule has 3 rings (SSSR count). The highest BCUT2D eigenvalue weighted by Gasteiger charge is 2.27. The Kier molecular flexibility index (Phi) is 4.59. The predicted molar refractivity (Wildman–Crippen MR) is 92.6 cm³/mol. The molecule has 2 aromatic rings. The highest BCUT2D eigenvalue weighted by molar-refractivity contribution is 5.37. The van der Waals surface area contributed by atoms with Crippen molar-refractivity contribution in [1.29, 1.82) is 0 Å². The summed E-state index contributed by atoms with van der Waals surface area (Å²) in [7, 11) is 0. The van der Waals surface area contributed by atoms with Crippen LogP contribution in [0.4, 0.5) is 0 Å². The van der Waals surface area contributed by atoms with E-state index in [0.29, 0.717) is 0 Å². The van der Waals surface area contributed by atoms with Gasteiger partial charge in [-0.2, -0.15) is 0 Å². The van der Waals surface area contributed by atoms with Gasteiger partial charge in [-0.25, -0.2) is 0 Å². The van der Waals surface area contributed by atoms with Crippen molar-refractivity contribution >= 4 is 0 Å². The molecule has 0 bridgehead atoms. The molecule has 1 saturated heterocycles. The lowest BCUT2D eigenvalue weighted by Gasteiger charge is -2.32. The molecule has 1 fully saturated rings. The fraction of sp³-hybridized carbons (Fsp3) is 0.300. The van der Waals surface area contributed by atoms with Crippen LogP contribution in [-0.4, -0.2) is 24.0 Å². The van der Waals surface area contributed by atoms with E-state index in [4.69, 9.17) is 5.73 Å². The Morgan fingerprint density at radius 1 is 0.864 bits per heavy atom. The molecule has 2 N–H and O–H groups in total. The lowest BCUT2D eigenvalue weighted by molar-refractivity contribution is 0.384. The van der Waals surface area contributed by atoms with Gasteiger partial charge < -0.3 is 10.6 Å². The molecule has 1 atom stereocenters. The van der Waals surface area contributed by atoms with Gasteiger partial charge in [-0.1, -0.05) is 67.2 Å². The number of rotatable bonds is 5. The van der Waals surface area contributed by atoms with Gasteiger partial charge in [0.05, 0.1) is 6.04 Å². The molecule has 2 aromatic carbocycles. The van der Waals surface area contributed by atoms with Crippen molar-refractivity contribution in [1.82, 2.24) is 4.90 Å². The van der Waals surface area contributed by atoms with Crippen LogP contribution in [0.1, 0.15) is 29.9 Å². The van der Waals surface area contributed by atoms with Crippen molar-refractivity contribution < 1.29 is 0 Å². The molecule has 1 aliphatic heterocycles. The third-order valence-corrected chi connectivity index (χ3v) is 4.57. The summed E-state index contributed by atoms with van der Waals surface area (Å²) in [6.07, 6.45) is 2.49. The lowest BCUT2D eigenvalue weighted by atomic mass is 9.84. The molecule has 2 heteroatoms. The van der Waals surface area contributed by atoms with Crippen molar-refractivity contribution in [2.45, 2.75) is 24.8 Å². The van der Waals surface area contributed by atoms with Crippen LogP contribution < -0.4 is 5.73 Å². The molecule has 22 heavy (non-hydrogen) atoms. The van der Waals surface area contributed by atoms with Crippen molar-refractivity contribution in [2.24, 2.45) is 5.73 Å². The van der Waals surface area contributed by atoms with Crippen molar-refractivity contribution in [2.75, 3.05) is 13.1 Å². The molecular formula is C20H24N2. The van der Waals surface area contributed by atoms with E-state index in [2.05, 4.69) is 60.0 Å². The summed E-state index contributed by atoms with van der Waals surface area (Å²) < 4.78 is 0. The van der Waals surface area contributed by atoms with Crippen LogP contribution in [0.25, 0.3) is 0 Å². The van der Waals surface area contributed by atoms with E-state index < -0.39 is 0 Å². The van der Waals surface area contributed by atoms with Gasteiger partial charge in [0.25, 0.3) is 0 Å². The van der Waals surface area contributed by atoms with Crippen molar-refractivity contribution in [3.63, 3.8) is 0 Å². The molecule has 0 aliphatic carbocycles. The van der Waals surface area contributed by atoms with Crippen LogP contribution in [-0.2, 0) is 0 Å². The first-order valence-electron chi connectivity index (χ1n) is 8.06. The zero-order valence-corrected chi connectivity index (χ0v) is 13.0. The minimum Gasteiger partial charge on any atom is -0.374 e. The fourth-order valence-corrected chi connectivity index (χ4v) is 3.34. The molecule has 0 radical (unpaired) electrons. The molecular weight excluding hydrogens is 268 g/mol. The van der Waals surface area contributed by atoms with Crippen molar-refractivity contribution in [3.05, 3.63) is 84.1 Å². The Hall–Kier alpha value is -2.06. The summed E-state index contributed by atoms with van der Waals surface area (Å²) in [5.41, 5.74) is 10.2. The second kappa shape index (κ2) is 6.80. The van der Waals surface area contributed by atoms with Crippen LogP contribution >= 0.6 is 0 Å². The molecule has 1 heterocycles. The molecule has 1 aliphatic rings. The number of likely N-dealkylation sites (tertiary alicyclic amines) is 1. The van der Waals surface area contributed by atoms with Crippen LogP contribution in [0.3, 0.4) is 0 Å². The third kappa shape index (κ3) is 3.07.